The number of amides is 3. The average Bonchev–Trinajstić information content (AvgIpc) is 2.18. The van der Waals surface area contributed by atoms with E-state index in [9.17, 15) is 9.59 Å². The number of carbonyl (C=O) groups is 2. The summed E-state index contributed by atoms with van der Waals surface area (Å²) in [7, 11) is 1.46. The molecule has 0 heterocycles. The zero-order chi connectivity index (χ0) is 11.7. The highest BCUT2D eigenvalue weighted by Gasteiger charge is 2.07. The monoisotopic (exact) mass is 234 g/mol. The predicted octanol–water partition coefficient (Wildman–Crippen LogP) is 0.336. The summed E-state index contributed by atoms with van der Waals surface area (Å²) >= 11 is 1.61. The second-order valence-corrected chi connectivity index (χ2v) is 4.62. The molecule has 15 heavy (non-hydrogen) atoms. The Bertz CT molecular complexity index is 212. The fraction of sp³-hybridized carbons (Fsp3) is 0.778. The van der Waals surface area contributed by atoms with Crippen LogP contribution in [0.1, 0.15) is 19.8 Å². The lowest BCUT2D eigenvalue weighted by molar-refractivity contribution is -0.119. The Kier molecular flexibility index (Phi) is 8.12. The highest BCUT2D eigenvalue weighted by Crippen LogP contribution is 2.14. The number of aliphatic hydroxyl groups excluding tert-OH is 1. The van der Waals surface area contributed by atoms with Crippen molar-refractivity contribution in [3.8, 4) is 0 Å². The normalized spacial score (nSPS) is 11.9. The molecule has 6 heteroatoms. The predicted molar refractivity (Wildman–Crippen MR) is 60.8 cm³/mol. The van der Waals surface area contributed by atoms with E-state index >= 15 is 0 Å². The number of nitrogens with one attached hydrogen (secondary N) is 2. The molecule has 0 aliphatic rings. The maximum Gasteiger partial charge on any atom is 0.321 e. The molecule has 0 aromatic rings. The number of aliphatic hydroxyl groups is 1. The Morgan fingerprint density at radius 1 is 1.47 bits per heavy atom. The van der Waals surface area contributed by atoms with Crippen LogP contribution in [0.15, 0.2) is 0 Å². The van der Waals surface area contributed by atoms with Crippen LogP contribution in [0.25, 0.3) is 0 Å². The summed E-state index contributed by atoms with van der Waals surface area (Å²) in [5.41, 5.74) is 0. The maximum absolute atomic E-state index is 11.1. The van der Waals surface area contributed by atoms with Crippen molar-refractivity contribution in [3.63, 3.8) is 0 Å². The van der Waals surface area contributed by atoms with E-state index in [2.05, 4.69) is 10.6 Å². The van der Waals surface area contributed by atoms with Crippen LogP contribution in [-0.4, -0.2) is 41.7 Å². The first-order chi connectivity index (χ1) is 7.10. The van der Waals surface area contributed by atoms with E-state index in [4.69, 9.17) is 5.11 Å². The molecule has 0 rings (SSSR count). The Balaban J connectivity index is 3.50. The van der Waals surface area contributed by atoms with Gasteiger partial charge in [0.2, 0.25) is 5.91 Å². The largest absolute Gasteiger partial charge is 0.396 e. The van der Waals surface area contributed by atoms with Crippen LogP contribution >= 0.6 is 11.8 Å². The van der Waals surface area contributed by atoms with Crippen molar-refractivity contribution in [1.29, 1.82) is 0 Å². The summed E-state index contributed by atoms with van der Waals surface area (Å²) in [6.07, 6.45) is 1.04. The van der Waals surface area contributed by atoms with E-state index in [0.717, 1.165) is 6.42 Å². The molecule has 3 amide bonds. The lowest BCUT2D eigenvalue weighted by Crippen LogP contribution is -2.37. The Morgan fingerprint density at radius 2 is 2.13 bits per heavy atom. The fourth-order valence-electron chi connectivity index (χ4n) is 0.870. The molecule has 0 bridgehead atoms. The molecule has 0 aromatic carbocycles. The maximum atomic E-state index is 11.1. The van der Waals surface area contributed by atoms with E-state index in [1.807, 2.05) is 6.92 Å². The molecular formula is C9H18N2O3S. The summed E-state index contributed by atoms with van der Waals surface area (Å²) in [4.78, 5) is 21.9. The van der Waals surface area contributed by atoms with Crippen LogP contribution in [-0.2, 0) is 4.79 Å². The summed E-state index contributed by atoms with van der Waals surface area (Å²) in [5, 5.41) is 13.5. The molecule has 0 aromatic heterocycles. The minimum atomic E-state index is -0.478. The van der Waals surface area contributed by atoms with E-state index in [0.29, 0.717) is 17.4 Å². The summed E-state index contributed by atoms with van der Waals surface area (Å²) in [5.74, 6) is 0.377. The third-order valence-corrected chi connectivity index (χ3v) is 2.99. The minimum absolute atomic E-state index is 0.165. The molecule has 88 valence electrons. The Hall–Kier alpha value is -0.750. The first-order valence-electron chi connectivity index (χ1n) is 4.84. The number of carbonyl (C=O) groups excluding carboxylic acids is 2. The van der Waals surface area contributed by atoms with Gasteiger partial charge in [-0.3, -0.25) is 10.1 Å². The van der Waals surface area contributed by atoms with Gasteiger partial charge in [-0.25, -0.2) is 4.79 Å². The van der Waals surface area contributed by atoms with Crippen molar-refractivity contribution < 1.29 is 14.7 Å². The zero-order valence-corrected chi connectivity index (χ0v) is 9.89. The fourth-order valence-corrected chi connectivity index (χ4v) is 1.85. The second-order valence-electron chi connectivity index (χ2n) is 3.07. The van der Waals surface area contributed by atoms with Crippen molar-refractivity contribution in [2.45, 2.75) is 25.0 Å². The number of thioether (sulfide) groups is 1. The summed E-state index contributed by atoms with van der Waals surface area (Å²) in [6, 6.07) is -0.478. The van der Waals surface area contributed by atoms with E-state index in [1.165, 1.54) is 7.05 Å². The highest BCUT2D eigenvalue weighted by molar-refractivity contribution is 7.99. The van der Waals surface area contributed by atoms with Gasteiger partial charge in [0.15, 0.2) is 0 Å². The van der Waals surface area contributed by atoms with Crippen LogP contribution in [0, 0.1) is 0 Å². The number of rotatable bonds is 6. The molecule has 0 spiro atoms. The lowest BCUT2D eigenvalue weighted by Gasteiger charge is -2.08. The van der Waals surface area contributed by atoms with Gasteiger partial charge in [0.25, 0.3) is 0 Å². The molecule has 0 saturated carbocycles. The topological polar surface area (TPSA) is 78.4 Å². The number of urea groups is 1. The van der Waals surface area contributed by atoms with Crippen molar-refractivity contribution in [3.05, 3.63) is 0 Å². The van der Waals surface area contributed by atoms with E-state index < -0.39 is 6.03 Å². The van der Waals surface area contributed by atoms with Gasteiger partial charge < -0.3 is 10.4 Å². The molecule has 0 fully saturated rings. The van der Waals surface area contributed by atoms with Gasteiger partial charge in [0, 0.05) is 31.1 Å². The lowest BCUT2D eigenvalue weighted by atomic mass is 10.3. The Labute approximate surface area is 94.0 Å². The van der Waals surface area contributed by atoms with Gasteiger partial charge in [-0.2, -0.15) is 11.8 Å². The molecule has 3 N–H and O–H groups in total. The minimum Gasteiger partial charge on any atom is -0.396 e. The third kappa shape index (κ3) is 8.26. The van der Waals surface area contributed by atoms with E-state index in [1.54, 1.807) is 11.8 Å². The third-order valence-electron chi connectivity index (χ3n) is 1.75. The standard InChI is InChI=1S/C9H18N2O3S/c1-7(3-5-12)15-6-4-8(13)11-9(14)10-2/h7,12H,3-6H2,1-2H3,(H2,10,11,13,14). The van der Waals surface area contributed by atoms with Crippen LogP contribution in [0.3, 0.4) is 0 Å². The first kappa shape index (κ1) is 14.2. The molecule has 0 saturated heterocycles. The van der Waals surface area contributed by atoms with Gasteiger partial charge in [-0.1, -0.05) is 6.92 Å². The molecule has 0 radical (unpaired) electrons. The van der Waals surface area contributed by atoms with Crippen LogP contribution in [0.5, 0.6) is 0 Å². The van der Waals surface area contributed by atoms with Crippen LogP contribution < -0.4 is 10.6 Å². The smallest absolute Gasteiger partial charge is 0.321 e. The van der Waals surface area contributed by atoms with Crippen molar-refractivity contribution >= 4 is 23.7 Å². The van der Waals surface area contributed by atoms with Gasteiger partial charge in [0.05, 0.1) is 0 Å². The average molecular weight is 234 g/mol. The molecule has 1 atom stereocenters. The van der Waals surface area contributed by atoms with Crippen LogP contribution in [0.4, 0.5) is 4.79 Å². The number of hydrogen-bond acceptors (Lipinski definition) is 4. The summed E-state index contributed by atoms with van der Waals surface area (Å²) < 4.78 is 0. The molecule has 0 aliphatic heterocycles. The van der Waals surface area contributed by atoms with Gasteiger partial charge in [0.1, 0.15) is 0 Å². The molecular weight excluding hydrogens is 216 g/mol. The van der Waals surface area contributed by atoms with Crippen molar-refractivity contribution in [1.82, 2.24) is 10.6 Å². The SMILES string of the molecule is CNC(=O)NC(=O)CCSC(C)CCO. The van der Waals surface area contributed by atoms with Gasteiger partial charge >= 0.3 is 6.03 Å². The zero-order valence-electron chi connectivity index (χ0n) is 9.08. The summed E-state index contributed by atoms with van der Waals surface area (Å²) in [6.45, 7) is 2.16. The van der Waals surface area contributed by atoms with Crippen molar-refractivity contribution in [2.24, 2.45) is 0 Å². The second kappa shape index (κ2) is 8.55. The number of hydrogen-bond donors (Lipinski definition) is 3. The van der Waals surface area contributed by atoms with E-state index in [-0.39, 0.29) is 12.5 Å². The van der Waals surface area contributed by atoms with Gasteiger partial charge in [-0.15, -0.1) is 0 Å². The number of imide groups is 1. The van der Waals surface area contributed by atoms with Gasteiger partial charge in [-0.05, 0) is 6.42 Å². The molecule has 1 unspecified atom stereocenters. The van der Waals surface area contributed by atoms with Crippen LogP contribution in [0.2, 0.25) is 0 Å². The van der Waals surface area contributed by atoms with Crippen molar-refractivity contribution in [2.75, 3.05) is 19.4 Å². The Morgan fingerprint density at radius 3 is 2.67 bits per heavy atom. The molecule has 5 nitrogen and oxygen atoms in total. The quantitative estimate of drug-likeness (QED) is 0.619. The first-order valence-corrected chi connectivity index (χ1v) is 5.89. The molecule has 0 aliphatic carbocycles. The highest BCUT2D eigenvalue weighted by atomic mass is 32.2.